The Bertz CT molecular complexity index is 369. The predicted molar refractivity (Wildman–Crippen MR) is 81.6 cm³/mol. The normalized spacial score (nSPS) is 10.6. The molecule has 114 valence electrons. The Hall–Kier alpha value is -1.26. The molecule has 1 rings (SSSR count). The molecule has 0 aromatic heterocycles. The fourth-order valence-corrected chi connectivity index (χ4v) is 1.78. The summed E-state index contributed by atoms with van der Waals surface area (Å²) >= 11 is 0. The monoisotopic (exact) mass is 281 g/mol. The molecule has 1 aromatic rings. The standard InChI is InChI=1S/C16H27NO3/c1-4-9-18-10-11-20-15-8-7-14(13-17-5-2)12-16(15)19-6-3/h7-8,12,17H,4-6,9-11,13H2,1-3H3. The molecule has 1 N–H and O–H groups in total. The highest BCUT2D eigenvalue weighted by atomic mass is 16.5. The summed E-state index contributed by atoms with van der Waals surface area (Å²) in [5.41, 5.74) is 1.20. The van der Waals surface area contributed by atoms with Crippen molar-refractivity contribution in [1.29, 1.82) is 0 Å². The van der Waals surface area contributed by atoms with E-state index in [1.807, 2.05) is 19.1 Å². The first-order valence-electron chi connectivity index (χ1n) is 7.48. The van der Waals surface area contributed by atoms with Crippen LogP contribution in [0.2, 0.25) is 0 Å². The van der Waals surface area contributed by atoms with Crippen LogP contribution >= 0.6 is 0 Å². The van der Waals surface area contributed by atoms with Crippen molar-refractivity contribution in [2.45, 2.75) is 33.7 Å². The SMILES string of the molecule is CCCOCCOc1ccc(CNCC)cc1OCC. The Kier molecular flexibility index (Phi) is 8.83. The number of hydrogen-bond acceptors (Lipinski definition) is 4. The van der Waals surface area contributed by atoms with E-state index in [0.29, 0.717) is 19.8 Å². The van der Waals surface area contributed by atoms with Crippen molar-refractivity contribution in [3.63, 3.8) is 0 Å². The van der Waals surface area contributed by atoms with E-state index in [9.17, 15) is 0 Å². The minimum Gasteiger partial charge on any atom is -0.490 e. The van der Waals surface area contributed by atoms with Gasteiger partial charge in [0, 0.05) is 13.2 Å². The van der Waals surface area contributed by atoms with Crippen molar-refractivity contribution in [3.8, 4) is 11.5 Å². The first-order chi connectivity index (χ1) is 9.81. The smallest absolute Gasteiger partial charge is 0.161 e. The van der Waals surface area contributed by atoms with Crippen molar-refractivity contribution in [2.75, 3.05) is 33.0 Å². The molecular weight excluding hydrogens is 254 g/mol. The number of ether oxygens (including phenoxy) is 3. The molecule has 0 atom stereocenters. The van der Waals surface area contributed by atoms with Gasteiger partial charge in [-0.15, -0.1) is 0 Å². The van der Waals surface area contributed by atoms with Gasteiger partial charge in [-0.05, 0) is 37.6 Å². The zero-order chi connectivity index (χ0) is 14.6. The van der Waals surface area contributed by atoms with Crippen LogP contribution in [0.3, 0.4) is 0 Å². The van der Waals surface area contributed by atoms with E-state index in [1.54, 1.807) is 0 Å². The molecule has 0 fully saturated rings. The second-order valence-corrected chi connectivity index (χ2v) is 4.46. The van der Waals surface area contributed by atoms with Gasteiger partial charge in [0.05, 0.1) is 13.2 Å². The Morgan fingerprint density at radius 1 is 0.950 bits per heavy atom. The lowest BCUT2D eigenvalue weighted by Crippen LogP contribution is -2.12. The highest BCUT2D eigenvalue weighted by molar-refractivity contribution is 5.43. The average Bonchev–Trinajstić information content (AvgIpc) is 2.47. The molecule has 0 heterocycles. The van der Waals surface area contributed by atoms with Gasteiger partial charge < -0.3 is 19.5 Å². The summed E-state index contributed by atoms with van der Waals surface area (Å²) in [5, 5.41) is 3.30. The third kappa shape index (κ3) is 6.26. The maximum Gasteiger partial charge on any atom is 0.161 e. The Labute approximate surface area is 122 Å². The zero-order valence-electron chi connectivity index (χ0n) is 12.9. The highest BCUT2D eigenvalue weighted by Crippen LogP contribution is 2.28. The van der Waals surface area contributed by atoms with Gasteiger partial charge in [0.25, 0.3) is 0 Å². The first kappa shape index (κ1) is 16.8. The van der Waals surface area contributed by atoms with Crippen LogP contribution in [0.1, 0.15) is 32.8 Å². The number of rotatable bonds is 11. The molecule has 4 nitrogen and oxygen atoms in total. The summed E-state index contributed by atoms with van der Waals surface area (Å²) in [4.78, 5) is 0. The van der Waals surface area contributed by atoms with Gasteiger partial charge >= 0.3 is 0 Å². The van der Waals surface area contributed by atoms with Gasteiger partial charge in [0.2, 0.25) is 0 Å². The van der Waals surface area contributed by atoms with E-state index in [0.717, 1.165) is 37.6 Å². The lowest BCUT2D eigenvalue weighted by atomic mass is 10.2. The van der Waals surface area contributed by atoms with Gasteiger partial charge in [-0.25, -0.2) is 0 Å². The van der Waals surface area contributed by atoms with Gasteiger partial charge in [-0.2, -0.15) is 0 Å². The van der Waals surface area contributed by atoms with Crippen molar-refractivity contribution < 1.29 is 14.2 Å². The summed E-state index contributed by atoms with van der Waals surface area (Å²) in [6, 6.07) is 6.07. The van der Waals surface area contributed by atoms with Crippen LogP contribution in [0.15, 0.2) is 18.2 Å². The maximum absolute atomic E-state index is 5.73. The molecule has 1 aromatic carbocycles. The number of benzene rings is 1. The molecule has 0 amide bonds. The minimum absolute atomic E-state index is 0.548. The lowest BCUT2D eigenvalue weighted by Gasteiger charge is -2.13. The summed E-state index contributed by atoms with van der Waals surface area (Å²) in [5.74, 6) is 1.59. The molecule has 0 saturated carbocycles. The Morgan fingerprint density at radius 3 is 2.50 bits per heavy atom. The molecule has 4 heteroatoms. The van der Waals surface area contributed by atoms with E-state index in [-0.39, 0.29) is 0 Å². The van der Waals surface area contributed by atoms with E-state index in [2.05, 4.69) is 25.2 Å². The molecule has 0 aliphatic rings. The molecule has 0 unspecified atom stereocenters. The molecule has 0 bridgehead atoms. The second-order valence-electron chi connectivity index (χ2n) is 4.46. The second kappa shape index (κ2) is 10.5. The predicted octanol–water partition coefficient (Wildman–Crippen LogP) is 3.00. The topological polar surface area (TPSA) is 39.7 Å². The molecular formula is C16H27NO3. The lowest BCUT2D eigenvalue weighted by molar-refractivity contribution is 0.0992. The largest absolute Gasteiger partial charge is 0.490 e. The molecule has 0 aliphatic carbocycles. The molecule has 0 spiro atoms. The van der Waals surface area contributed by atoms with Crippen LogP contribution in [0.4, 0.5) is 0 Å². The summed E-state index contributed by atoms with van der Waals surface area (Å²) in [6.45, 7) is 10.5. The van der Waals surface area contributed by atoms with E-state index in [4.69, 9.17) is 14.2 Å². The quantitative estimate of drug-likeness (QED) is 0.633. The molecule has 0 saturated heterocycles. The van der Waals surface area contributed by atoms with Crippen molar-refractivity contribution in [3.05, 3.63) is 23.8 Å². The maximum atomic E-state index is 5.73. The van der Waals surface area contributed by atoms with Crippen molar-refractivity contribution >= 4 is 0 Å². The summed E-state index contributed by atoms with van der Waals surface area (Å²) in [6.07, 6.45) is 1.03. The van der Waals surface area contributed by atoms with Crippen LogP contribution in [-0.4, -0.2) is 33.0 Å². The molecule has 0 radical (unpaired) electrons. The number of hydrogen-bond donors (Lipinski definition) is 1. The van der Waals surface area contributed by atoms with Crippen molar-refractivity contribution in [2.24, 2.45) is 0 Å². The third-order valence-electron chi connectivity index (χ3n) is 2.72. The fraction of sp³-hybridized carbons (Fsp3) is 0.625. The van der Waals surface area contributed by atoms with Crippen LogP contribution in [0.25, 0.3) is 0 Å². The van der Waals surface area contributed by atoms with Crippen LogP contribution in [0, 0.1) is 0 Å². The average molecular weight is 281 g/mol. The van der Waals surface area contributed by atoms with Gasteiger partial charge in [0.15, 0.2) is 11.5 Å². The Morgan fingerprint density at radius 2 is 1.80 bits per heavy atom. The summed E-state index contributed by atoms with van der Waals surface area (Å²) < 4.78 is 16.8. The van der Waals surface area contributed by atoms with E-state index in [1.165, 1.54) is 5.56 Å². The zero-order valence-corrected chi connectivity index (χ0v) is 12.9. The van der Waals surface area contributed by atoms with Gasteiger partial charge in [-0.3, -0.25) is 0 Å². The minimum atomic E-state index is 0.548. The van der Waals surface area contributed by atoms with Crippen molar-refractivity contribution in [1.82, 2.24) is 5.32 Å². The molecule has 20 heavy (non-hydrogen) atoms. The third-order valence-corrected chi connectivity index (χ3v) is 2.72. The Balaban J connectivity index is 2.54. The van der Waals surface area contributed by atoms with Gasteiger partial charge in [-0.1, -0.05) is 19.9 Å². The number of nitrogens with one attached hydrogen (secondary N) is 1. The van der Waals surface area contributed by atoms with Crippen LogP contribution in [0.5, 0.6) is 11.5 Å². The molecule has 0 aliphatic heterocycles. The van der Waals surface area contributed by atoms with E-state index >= 15 is 0 Å². The van der Waals surface area contributed by atoms with Crippen LogP contribution < -0.4 is 14.8 Å². The fourth-order valence-electron chi connectivity index (χ4n) is 1.78. The first-order valence-corrected chi connectivity index (χ1v) is 7.48. The van der Waals surface area contributed by atoms with E-state index < -0.39 is 0 Å². The van der Waals surface area contributed by atoms with Gasteiger partial charge in [0.1, 0.15) is 6.61 Å². The highest BCUT2D eigenvalue weighted by Gasteiger charge is 2.06. The van der Waals surface area contributed by atoms with Crippen LogP contribution in [-0.2, 0) is 11.3 Å². The summed E-state index contributed by atoms with van der Waals surface area (Å²) in [7, 11) is 0.